The first kappa shape index (κ1) is 15.0. The van der Waals surface area contributed by atoms with Gasteiger partial charge in [0, 0.05) is 24.2 Å². The van der Waals surface area contributed by atoms with Gasteiger partial charge in [-0.1, -0.05) is 13.0 Å². The fourth-order valence-electron chi connectivity index (χ4n) is 2.74. The van der Waals surface area contributed by atoms with E-state index in [1.54, 1.807) is 0 Å². The second kappa shape index (κ2) is 7.38. The van der Waals surface area contributed by atoms with Crippen LogP contribution in [0, 0.1) is 0 Å². The van der Waals surface area contributed by atoms with E-state index in [4.69, 9.17) is 14.2 Å². The van der Waals surface area contributed by atoms with Crippen molar-refractivity contribution in [1.29, 1.82) is 0 Å². The Morgan fingerprint density at radius 3 is 3.05 bits per heavy atom. The van der Waals surface area contributed by atoms with Gasteiger partial charge in [-0.2, -0.15) is 11.8 Å². The number of ether oxygens (including phenoxy) is 3. The highest BCUT2D eigenvalue weighted by Gasteiger charge is 2.19. The molecule has 0 aromatic heterocycles. The van der Waals surface area contributed by atoms with Crippen molar-refractivity contribution in [1.82, 2.24) is 5.32 Å². The summed E-state index contributed by atoms with van der Waals surface area (Å²) in [6.07, 6.45) is 2.88. The Balaban J connectivity index is 1.57. The molecule has 0 radical (unpaired) electrons. The molecule has 3 rings (SSSR count). The van der Waals surface area contributed by atoms with Crippen molar-refractivity contribution in [2.45, 2.75) is 31.9 Å². The largest absolute Gasteiger partial charge is 0.454 e. The predicted octanol–water partition coefficient (Wildman–Crippen LogP) is 2.98. The zero-order chi connectivity index (χ0) is 14.5. The molecule has 2 aliphatic heterocycles. The van der Waals surface area contributed by atoms with E-state index in [0.717, 1.165) is 36.2 Å². The third-order valence-electron chi connectivity index (χ3n) is 3.86. The van der Waals surface area contributed by atoms with Crippen LogP contribution in [0.25, 0.3) is 0 Å². The lowest BCUT2D eigenvalue weighted by Gasteiger charge is -2.19. The van der Waals surface area contributed by atoms with Gasteiger partial charge in [0.15, 0.2) is 11.5 Å². The van der Waals surface area contributed by atoms with E-state index in [9.17, 15) is 0 Å². The standard InChI is InChI=1S/C16H23NO3S/c1-2-17-14(10-21-9-13-4-3-7-18-13)12-5-6-15-16(8-12)20-11-19-15/h5-6,8,13-14,17H,2-4,7,9-11H2,1H3. The molecule has 0 saturated carbocycles. The van der Waals surface area contributed by atoms with Crippen molar-refractivity contribution in [3.05, 3.63) is 23.8 Å². The third-order valence-corrected chi connectivity index (χ3v) is 5.04. The summed E-state index contributed by atoms with van der Waals surface area (Å²) < 4.78 is 16.5. The maximum atomic E-state index is 5.68. The monoisotopic (exact) mass is 309 g/mol. The molecule has 1 aromatic carbocycles. The SMILES string of the molecule is CCNC(CSCC1CCCO1)c1ccc2c(c1)OCO2. The number of hydrogen-bond acceptors (Lipinski definition) is 5. The summed E-state index contributed by atoms with van der Waals surface area (Å²) in [4.78, 5) is 0. The fraction of sp³-hybridized carbons (Fsp3) is 0.625. The van der Waals surface area contributed by atoms with Gasteiger partial charge in [-0.05, 0) is 37.1 Å². The van der Waals surface area contributed by atoms with E-state index in [0.29, 0.717) is 18.9 Å². The number of nitrogens with one attached hydrogen (secondary N) is 1. The van der Waals surface area contributed by atoms with Crippen LogP contribution in [0.15, 0.2) is 18.2 Å². The lowest BCUT2D eigenvalue weighted by atomic mass is 10.1. The molecule has 1 fully saturated rings. The Bertz CT molecular complexity index is 463. The number of benzene rings is 1. The van der Waals surface area contributed by atoms with E-state index in [2.05, 4.69) is 24.4 Å². The maximum absolute atomic E-state index is 5.68. The maximum Gasteiger partial charge on any atom is 0.231 e. The van der Waals surface area contributed by atoms with Crippen molar-refractivity contribution < 1.29 is 14.2 Å². The molecule has 0 spiro atoms. The first-order valence-electron chi connectivity index (χ1n) is 7.69. The van der Waals surface area contributed by atoms with Crippen LogP contribution < -0.4 is 14.8 Å². The zero-order valence-electron chi connectivity index (χ0n) is 12.5. The van der Waals surface area contributed by atoms with Crippen molar-refractivity contribution in [3.63, 3.8) is 0 Å². The van der Waals surface area contributed by atoms with Crippen molar-refractivity contribution >= 4 is 11.8 Å². The second-order valence-corrected chi connectivity index (χ2v) is 6.47. The van der Waals surface area contributed by atoms with Gasteiger partial charge in [-0.15, -0.1) is 0 Å². The molecule has 4 nitrogen and oxygen atoms in total. The zero-order valence-corrected chi connectivity index (χ0v) is 13.3. The van der Waals surface area contributed by atoms with E-state index < -0.39 is 0 Å². The molecular formula is C16H23NO3S. The molecule has 1 N–H and O–H groups in total. The molecule has 0 bridgehead atoms. The molecule has 0 aliphatic carbocycles. The second-order valence-electron chi connectivity index (χ2n) is 5.40. The Morgan fingerprint density at radius 2 is 2.24 bits per heavy atom. The minimum Gasteiger partial charge on any atom is -0.454 e. The van der Waals surface area contributed by atoms with E-state index in [1.807, 2.05) is 17.8 Å². The molecule has 2 atom stereocenters. The van der Waals surface area contributed by atoms with Crippen LogP contribution in [0.3, 0.4) is 0 Å². The summed E-state index contributed by atoms with van der Waals surface area (Å²) in [5.41, 5.74) is 1.26. The lowest BCUT2D eigenvalue weighted by Crippen LogP contribution is -2.23. The van der Waals surface area contributed by atoms with Gasteiger partial charge in [0.1, 0.15) is 0 Å². The minimum atomic E-state index is 0.332. The summed E-state index contributed by atoms with van der Waals surface area (Å²) in [5, 5.41) is 3.56. The quantitative estimate of drug-likeness (QED) is 0.838. The predicted molar refractivity (Wildman–Crippen MR) is 85.3 cm³/mol. The fourth-order valence-corrected chi connectivity index (χ4v) is 3.95. The highest BCUT2D eigenvalue weighted by atomic mass is 32.2. The molecule has 116 valence electrons. The van der Waals surface area contributed by atoms with Crippen molar-refractivity contribution in [2.24, 2.45) is 0 Å². The van der Waals surface area contributed by atoms with E-state index >= 15 is 0 Å². The van der Waals surface area contributed by atoms with Crippen LogP contribution >= 0.6 is 11.8 Å². The number of fused-ring (bicyclic) bond motifs is 1. The Morgan fingerprint density at radius 1 is 1.33 bits per heavy atom. The van der Waals surface area contributed by atoms with Gasteiger partial charge >= 0.3 is 0 Å². The van der Waals surface area contributed by atoms with Gasteiger partial charge in [-0.3, -0.25) is 0 Å². The Hall–Kier alpha value is -0.910. The summed E-state index contributed by atoms with van der Waals surface area (Å²) in [7, 11) is 0. The molecule has 0 amide bonds. The molecule has 2 aliphatic rings. The topological polar surface area (TPSA) is 39.7 Å². The smallest absolute Gasteiger partial charge is 0.231 e. The molecule has 2 heterocycles. The minimum absolute atomic E-state index is 0.332. The average molecular weight is 309 g/mol. The van der Waals surface area contributed by atoms with Crippen LogP contribution in [0.1, 0.15) is 31.4 Å². The summed E-state index contributed by atoms with van der Waals surface area (Å²) in [6.45, 7) is 4.37. The first-order valence-corrected chi connectivity index (χ1v) is 8.84. The molecular weight excluding hydrogens is 286 g/mol. The van der Waals surface area contributed by atoms with Crippen LogP contribution in [0.4, 0.5) is 0 Å². The highest BCUT2D eigenvalue weighted by Crippen LogP contribution is 2.35. The number of thioether (sulfide) groups is 1. The molecule has 1 saturated heterocycles. The highest BCUT2D eigenvalue weighted by molar-refractivity contribution is 7.99. The lowest BCUT2D eigenvalue weighted by molar-refractivity contribution is 0.129. The summed E-state index contributed by atoms with van der Waals surface area (Å²) >= 11 is 1.97. The normalized spacial score (nSPS) is 21.7. The van der Waals surface area contributed by atoms with Crippen LogP contribution in [-0.2, 0) is 4.74 Å². The summed E-state index contributed by atoms with van der Waals surface area (Å²) in [5.74, 6) is 3.85. The van der Waals surface area contributed by atoms with Gasteiger partial charge in [0.2, 0.25) is 6.79 Å². The van der Waals surface area contributed by atoms with Crippen LogP contribution in [-0.4, -0.2) is 37.6 Å². The summed E-state index contributed by atoms with van der Waals surface area (Å²) in [6, 6.07) is 6.58. The number of rotatable bonds is 7. The average Bonchev–Trinajstić information content (AvgIpc) is 3.16. The van der Waals surface area contributed by atoms with Gasteiger partial charge in [0.25, 0.3) is 0 Å². The van der Waals surface area contributed by atoms with Gasteiger partial charge < -0.3 is 19.5 Å². The van der Waals surface area contributed by atoms with Gasteiger partial charge in [-0.25, -0.2) is 0 Å². The first-order chi connectivity index (χ1) is 10.4. The van der Waals surface area contributed by atoms with E-state index in [-0.39, 0.29) is 0 Å². The van der Waals surface area contributed by atoms with Gasteiger partial charge in [0.05, 0.1) is 6.10 Å². The van der Waals surface area contributed by atoms with Crippen LogP contribution in [0.5, 0.6) is 11.5 Å². The molecule has 21 heavy (non-hydrogen) atoms. The van der Waals surface area contributed by atoms with Crippen LogP contribution in [0.2, 0.25) is 0 Å². The Labute approximate surface area is 130 Å². The van der Waals surface area contributed by atoms with Crippen molar-refractivity contribution in [2.75, 3.05) is 31.5 Å². The van der Waals surface area contributed by atoms with Crippen molar-refractivity contribution in [3.8, 4) is 11.5 Å². The number of hydrogen-bond donors (Lipinski definition) is 1. The molecule has 1 aromatic rings. The molecule has 2 unspecified atom stereocenters. The van der Waals surface area contributed by atoms with E-state index in [1.165, 1.54) is 18.4 Å². The molecule has 5 heteroatoms. The Kier molecular flexibility index (Phi) is 5.27. The third kappa shape index (κ3) is 3.84.